The van der Waals surface area contributed by atoms with E-state index in [9.17, 15) is 8.78 Å². The Morgan fingerprint density at radius 3 is 2.56 bits per heavy atom. The number of nitrogens with zero attached hydrogens (tertiary/aromatic N) is 5. The number of aromatic amines is 2. The number of aryl methyl sites for hydroxylation is 2. The van der Waals surface area contributed by atoms with Crippen molar-refractivity contribution in [1.29, 1.82) is 0 Å². The monoisotopic (exact) mass is 496 g/mol. The third kappa shape index (κ3) is 5.56. The Kier molecular flexibility index (Phi) is 6.73. The number of H-pyrrole nitrogens is 2. The Bertz CT molecular complexity index is 1280. The predicted molar refractivity (Wildman–Crippen MR) is 135 cm³/mol. The maximum Gasteiger partial charge on any atom is 0.230 e. The van der Waals surface area contributed by atoms with Gasteiger partial charge in [-0.2, -0.15) is 15.1 Å². The Labute approximate surface area is 208 Å². The SMILES string of the molecule is Cc1cc(C)c(/C(F)=C\C(=C\F)Oc2cc(Nc3cc(C4CC4)[nH]n3)nc(N3CCN(C)CC3)n2)[nH]1. The van der Waals surface area contributed by atoms with Crippen LogP contribution in [0.25, 0.3) is 5.83 Å². The highest BCUT2D eigenvalue weighted by Crippen LogP contribution is 2.39. The van der Waals surface area contributed by atoms with Gasteiger partial charge in [0.1, 0.15) is 12.1 Å². The van der Waals surface area contributed by atoms with Crippen molar-refractivity contribution in [3.05, 3.63) is 59.0 Å². The van der Waals surface area contributed by atoms with Crippen molar-refractivity contribution in [3.63, 3.8) is 0 Å². The van der Waals surface area contributed by atoms with E-state index in [4.69, 9.17) is 4.74 Å². The van der Waals surface area contributed by atoms with Gasteiger partial charge in [-0.1, -0.05) is 0 Å². The number of nitrogens with one attached hydrogen (secondary N) is 3. The molecular formula is C25H30F2N8O. The van der Waals surface area contributed by atoms with Crippen molar-refractivity contribution in [2.75, 3.05) is 43.4 Å². The van der Waals surface area contributed by atoms with E-state index >= 15 is 0 Å². The van der Waals surface area contributed by atoms with Crippen LogP contribution in [0.5, 0.6) is 5.88 Å². The summed E-state index contributed by atoms with van der Waals surface area (Å²) in [6, 6.07) is 5.32. The highest BCUT2D eigenvalue weighted by atomic mass is 19.1. The van der Waals surface area contributed by atoms with E-state index in [0.29, 0.717) is 23.5 Å². The predicted octanol–water partition coefficient (Wildman–Crippen LogP) is 4.72. The smallest absolute Gasteiger partial charge is 0.230 e. The fraction of sp³-hybridized carbons (Fsp3) is 0.400. The minimum absolute atomic E-state index is 0.0896. The van der Waals surface area contributed by atoms with E-state index in [0.717, 1.165) is 62.0 Å². The molecule has 2 aliphatic rings. The van der Waals surface area contributed by atoms with Crippen LogP contribution in [0.4, 0.5) is 26.4 Å². The highest BCUT2D eigenvalue weighted by molar-refractivity contribution is 5.62. The number of ether oxygens (including phenoxy) is 1. The van der Waals surface area contributed by atoms with Crippen LogP contribution in [-0.4, -0.2) is 63.3 Å². The summed E-state index contributed by atoms with van der Waals surface area (Å²) < 4.78 is 34.3. The molecule has 0 spiro atoms. The van der Waals surface area contributed by atoms with Gasteiger partial charge in [0.05, 0.1) is 5.69 Å². The lowest BCUT2D eigenvalue weighted by Crippen LogP contribution is -2.45. The van der Waals surface area contributed by atoms with E-state index < -0.39 is 5.83 Å². The highest BCUT2D eigenvalue weighted by Gasteiger charge is 2.26. The summed E-state index contributed by atoms with van der Waals surface area (Å²) in [6.45, 7) is 6.80. The molecular weight excluding hydrogens is 466 g/mol. The molecule has 0 bridgehead atoms. The Balaban J connectivity index is 1.41. The first kappa shape index (κ1) is 24.0. The molecule has 1 aliphatic heterocycles. The zero-order valence-electron chi connectivity index (χ0n) is 20.6. The first-order chi connectivity index (χ1) is 17.4. The van der Waals surface area contributed by atoms with Crippen LogP contribution in [0.2, 0.25) is 0 Å². The topological polar surface area (TPSA) is 98.0 Å². The van der Waals surface area contributed by atoms with Crippen LogP contribution >= 0.6 is 0 Å². The van der Waals surface area contributed by atoms with E-state index in [-0.39, 0.29) is 23.7 Å². The molecule has 3 N–H and O–H groups in total. The maximum atomic E-state index is 14.9. The first-order valence-corrected chi connectivity index (χ1v) is 12.0. The van der Waals surface area contributed by atoms with Gasteiger partial charge in [-0.05, 0) is 45.4 Å². The molecule has 5 rings (SSSR count). The van der Waals surface area contributed by atoms with Crippen molar-refractivity contribution in [2.24, 2.45) is 0 Å². The molecule has 2 fully saturated rings. The Morgan fingerprint density at radius 2 is 1.89 bits per heavy atom. The van der Waals surface area contributed by atoms with Crippen molar-refractivity contribution in [2.45, 2.75) is 32.6 Å². The number of hydrogen-bond acceptors (Lipinski definition) is 7. The summed E-state index contributed by atoms with van der Waals surface area (Å²) in [5, 5.41) is 10.6. The van der Waals surface area contributed by atoms with Crippen LogP contribution in [0, 0.1) is 13.8 Å². The first-order valence-electron chi connectivity index (χ1n) is 12.0. The van der Waals surface area contributed by atoms with Gasteiger partial charge in [0.2, 0.25) is 11.8 Å². The molecule has 0 atom stereocenters. The number of piperazine rings is 1. The molecule has 0 radical (unpaired) electrons. The third-order valence-electron chi connectivity index (χ3n) is 6.34. The van der Waals surface area contributed by atoms with Gasteiger partial charge in [0, 0.05) is 61.7 Å². The van der Waals surface area contributed by atoms with Gasteiger partial charge < -0.3 is 24.8 Å². The molecule has 0 aromatic carbocycles. The quantitative estimate of drug-likeness (QED) is 0.307. The van der Waals surface area contributed by atoms with Gasteiger partial charge >= 0.3 is 0 Å². The van der Waals surface area contributed by atoms with E-state index in [1.807, 2.05) is 24.0 Å². The largest absolute Gasteiger partial charge is 0.436 e. The Morgan fingerprint density at radius 1 is 1.11 bits per heavy atom. The lowest BCUT2D eigenvalue weighted by molar-refractivity contribution is 0.310. The second-order valence-electron chi connectivity index (χ2n) is 9.41. The number of allylic oxidation sites excluding steroid dienone is 1. The van der Waals surface area contributed by atoms with Crippen molar-refractivity contribution in [1.82, 2.24) is 30.0 Å². The normalized spacial score (nSPS) is 17.5. The van der Waals surface area contributed by atoms with Gasteiger partial charge in [0.25, 0.3) is 0 Å². The molecule has 36 heavy (non-hydrogen) atoms. The summed E-state index contributed by atoms with van der Waals surface area (Å²) in [4.78, 5) is 16.3. The minimum Gasteiger partial charge on any atom is -0.436 e. The molecule has 1 saturated carbocycles. The molecule has 0 unspecified atom stereocenters. The van der Waals surface area contributed by atoms with Crippen LogP contribution in [0.3, 0.4) is 0 Å². The molecule has 9 nitrogen and oxygen atoms in total. The van der Waals surface area contributed by atoms with Gasteiger partial charge in [-0.15, -0.1) is 0 Å². The third-order valence-corrected chi connectivity index (χ3v) is 6.34. The average molecular weight is 497 g/mol. The number of halogens is 2. The number of likely N-dealkylation sites (N-methyl/N-ethyl adjacent to an activating group) is 1. The summed E-state index contributed by atoms with van der Waals surface area (Å²) >= 11 is 0. The van der Waals surface area contributed by atoms with Crippen LogP contribution in [-0.2, 0) is 0 Å². The number of anilines is 3. The minimum atomic E-state index is -0.639. The van der Waals surface area contributed by atoms with Crippen LogP contribution in [0.15, 0.2) is 36.4 Å². The fourth-order valence-electron chi connectivity index (χ4n) is 4.19. The fourth-order valence-corrected chi connectivity index (χ4v) is 4.19. The molecule has 4 heterocycles. The van der Waals surface area contributed by atoms with Crippen molar-refractivity contribution >= 4 is 23.4 Å². The molecule has 190 valence electrons. The number of hydrogen-bond donors (Lipinski definition) is 3. The summed E-state index contributed by atoms with van der Waals surface area (Å²) in [7, 11) is 2.06. The molecule has 3 aromatic heterocycles. The van der Waals surface area contributed by atoms with E-state index in [1.165, 1.54) is 0 Å². The van der Waals surface area contributed by atoms with Gasteiger partial charge in [0.15, 0.2) is 17.4 Å². The number of aromatic nitrogens is 5. The maximum absolute atomic E-state index is 14.9. The van der Waals surface area contributed by atoms with Gasteiger partial charge in [-0.25, -0.2) is 8.78 Å². The average Bonchev–Trinajstić information content (AvgIpc) is 3.51. The summed E-state index contributed by atoms with van der Waals surface area (Å²) in [5.41, 5.74) is 2.89. The zero-order chi connectivity index (χ0) is 25.2. The molecule has 1 saturated heterocycles. The lowest BCUT2D eigenvalue weighted by atomic mass is 10.2. The Hall–Kier alpha value is -3.73. The molecule has 3 aromatic rings. The van der Waals surface area contributed by atoms with Crippen LogP contribution < -0.4 is 15.0 Å². The molecule has 1 aliphatic carbocycles. The molecule has 11 heteroatoms. The van der Waals surface area contributed by atoms with Crippen molar-refractivity contribution < 1.29 is 13.5 Å². The summed E-state index contributed by atoms with van der Waals surface area (Å²) in [6.07, 6.45) is 3.53. The van der Waals surface area contributed by atoms with E-state index in [2.05, 4.69) is 42.4 Å². The number of rotatable bonds is 8. The van der Waals surface area contributed by atoms with Crippen LogP contribution in [0.1, 0.15) is 41.4 Å². The lowest BCUT2D eigenvalue weighted by Gasteiger charge is -2.32. The zero-order valence-corrected chi connectivity index (χ0v) is 20.6. The van der Waals surface area contributed by atoms with Gasteiger partial charge in [-0.3, -0.25) is 5.10 Å². The second-order valence-corrected chi connectivity index (χ2v) is 9.41. The standard InChI is InChI=1S/C25H30F2N8O/c1-15-10-16(2)28-24(15)19(27)11-18(14-26)36-23-13-21(29-22-12-20(32-33-22)17-4-5-17)30-25(31-23)35-8-6-34(3)7-9-35/h10-14,17,28H,4-9H2,1-3H3,(H2,29,30,31,32,33)/b18-14-,19-11+. The molecule has 0 amide bonds. The summed E-state index contributed by atoms with van der Waals surface area (Å²) in [5.74, 6) is 1.18. The second kappa shape index (κ2) is 10.1. The van der Waals surface area contributed by atoms with E-state index in [1.54, 1.807) is 13.0 Å². The van der Waals surface area contributed by atoms with Crippen molar-refractivity contribution in [3.8, 4) is 5.88 Å².